The van der Waals surface area contributed by atoms with Gasteiger partial charge >= 0.3 is 0 Å². The molecule has 3 aromatic rings. The van der Waals surface area contributed by atoms with Crippen LogP contribution < -0.4 is 14.8 Å². The zero-order valence-corrected chi connectivity index (χ0v) is 18.8. The van der Waals surface area contributed by atoms with E-state index in [1.165, 1.54) is 7.11 Å². The standard InChI is InChI=1S/C26H25N3O4/c1-15-22-24(25(31)16-12-13-20(32-2)21(14-16)33-3)23-18(10-7-11-19(23)30)27-26(22)29(28-15)17-8-5-4-6-9-17/h4-6,8-9,12-14,24,27H,7,10-11H2,1-3H3. The third-order valence-electron chi connectivity index (χ3n) is 6.34. The van der Waals surface area contributed by atoms with Crippen LogP contribution in [0.25, 0.3) is 5.69 Å². The lowest BCUT2D eigenvalue weighted by Crippen LogP contribution is -2.31. The molecule has 7 nitrogen and oxygen atoms in total. The first-order chi connectivity index (χ1) is 16.0. The largest absolute Gasteiger partial charge is 0.493 e. The van der Waals surface area contributed by atoms with Crippen LogP contribution in [0.1, 0.15) is 46.8 Å². The molecule has 0 bridgehead atoms. The number of aryl methyl sites for hydroxylation is 1. The summed E-state index contributed by atoms with van der Waals surface area (Å²) < 4.78 is 12.6. The molecule has 2 aliphatic rings. The maximum atomic E-state index is 14.0. The maximum Gasteiger partial charge on any atom is 0.175 e. The van der Waals surface area contributed by atoms with Crippen LogP contribution in [0.5, 0.6) is 11.5 Å². The minimum absolute atomic E-state index is 0.0140. The van der Waals surface area contributed by atoms with Crippen LogP contribution in [0.3, 0.4) is 0 Å². The minimum atomic E-state index is -0.723. The number of benzene rings is 2. The fourth-order valence-corrected chi connectivity index (χ4v) is 4.80. The number of aromatic nitrogens is 2. The van der Waals surface area contributed by atoms with E-state index in [0.717, 1.165) is 35.6 Å². The molecule has 0 fully saturated rings. The lowest BCUT2D eigenvalue weighted by atomic mass is 9.76. The molecule has 1 unspecified atom stereocenters. The number of hydrogen-bond acceptors (Lipinski definition) is 6. The fraction of sp³-hybridized carbons (Fsp3) is 0.269. The number of carbonyl (C=O) groups is 2. The number of allylic oxidation sites excluding steroid dienone is 2. The molecule has 0 saturated heterocycles. The number of nitrogens with zero attached hydrogens (tertiary/aromatic N) is 2. The van der Waals surface area contributed by atoms with Gasteiger partial charge in [0.2, 0.25) is 0 Å². The number of ether oxygens (including phenoxy) is 2. The van der Waals surface area contributed by atoms with Crippen LogP contribution >= 0.6 is 0 Å². The van der Waals surface area contributed by atoms with E-state index in [2.05, 4.69) is 5.32 Å². The van der Waals surface area contributed by atoms with E-state index in [-0.39, 0.29) is 11.6 Å². The van der Waals surface area contributed by atoms with Crippen molar-refractivity contribution >= 4 is 17.4 Å². The third kappa shape index (κ3) is 3.40. The summed E-state index contributed by atoms with van der Waals surface area (Å²) in [6.07, 6.45) is 1.92. The molecule has 0 spiro atoms. The highest BCUT2D eigenvalue weighted by Gasteiger charge is 2.42. The molecule has 1 N–H and O–H groups in total. The maximum absolute atomic E-state index is 14.0. The minimum Gasteiger partial charge on any atom is -0.493 e. The first-order valence-corrected chi connectivity index (χ1v) is 11.0. The second-order valence-electron chi connectivity index (χ2n) is 8.26. The first kappa shape index (κ1) is 21.0. The molecule has 0 radical (unpaired) electrons. The van der Waals surface area contributed by atoms with E-state index < -0.39 is 5.92 Å². The van der Waals surface area contributed by atoms with Crippen molar-refractivity contribution in [2.75, 3.05) is 19.5 Å². The number of ketones is 2. The quantitative estimate of drug-likeness (QED) is 0.581. The molecule has 0 saturated carbocycles. The predicted molar refractivity (Wildman–Crippen MR) is 124 cm³/mol. The van der Waals surface area contributed by atoms with E-state index in [4.69, 9.17) is 14.6 Å². The zero-order chi connectivity index (χ0) is 23.1. The average Bonchev–Trinajstić information content (AvgIpc) is 3.18. The highest BCUT2D eigenvalue weighted by molar-refractivity contribution is 6.13. The topological polar surface area (TPSA) is 82.5 Å². The highest BCUT2D eigenvalue weighted by atomic mass is 16.5. The Balaban J connectivity index is 1.69. The Morgan fingerprint density at radius 1 is 1.06 bits per heavy atom. The van der Waals surface area contributed by atoms with Gasteiger partial charge in [-0.15, -0.1) is 0 Å². The van der Waals surface area contributed by atoms with Gasteiger partial charge in [-0.25, -0.2) is 4.68 Å². The SMILES string of the molecule is COc1ccc(C(=O)C2C3=C(CCCC3=O)Nc3c2c(C)nn3-c2ccccc2)cc1OC. The summed E-state index contributed by atoms with van der Waals surface area (Å²) in [5, 5.41) is 8.21. The summed E-state index contributed by atoms with van der Waals surface area (Å²) in [6.45, 7) is 1.88. The van der Waals surface area contributed by atoms with E-state index in [0.29, 0.717) is 34.8 Å². The summed E-state index contributed by atoms with van der Waals surface area (Å²) in [5.74, 6) is 0.892. The summed E-state index contributed by atoms with van der Waals surface area (Å²) in [5.41, 5.74) is 4.18. The van der Waals surface area contributed by atoms with Gasteiger partial charge in [0.05, 0.1) is 31.5 Å². The second kappa shape index (κ2) is 8.24. The van der Waals surface area contributed by atoms with Gasteiger partial charge in [0.15, 0.2) is 23.1 Å². The van der Waals surface area contributed by atoms with Gasteiger partial charge in [-0.1, -0.05) is 18.2 Å². The molecule has 1 aromatic heterocycles. The molecular weight excluding hydrogens is 418 g/mol. The summed E-state index contributed by atoms with van der Waals surface area (Å²) >= 11 is 0. The number of carbonyl (C=O) groups excluding carboxylic acids is 2. The Bertz CT molecular complexity index is 1290. The van der Waals surface area contributed by atoms with Crippen molar-refractivity contribution < 1.29 is 19.1 Å². The molecule has 33 heavy (non-hydrogen) atoms. The Hall–Kier alpha value is -3.87. The molecule has 1 atom stereocenters. The summed E-state index contributed by atoms with van der Waals surface area (Å²) in [7, 11) is 3.09. The highest BCUT2D eigenvalue weighted by Crippen LogP contribution is 2.46. The Labute approximate surface area is 192 Å². The van der Waals surface area contributed by atoms with Crippen LogP contribution in [0.4, 0.5) is 5.82 Å². The zero-order valence-electron chi connectivity index (χ0n) is 18.8. The van der Waals surface area contributed by atoms with Crippen LogP contribution in [0.2, 0.25) is 0 Å². The molecule has 2 aromatic carbocycles. The van der Waals surface area contributed by atoms with Gasteiger partial charge in [0.1, 0.15) is 5.82 Å². The Morgan fingerprint density at radius 3 is 2.55 bits per heavy atom. The number of anilines is 1. The molecular formula is C26H25N3O4. The molecule has 5 rings (SSSR count). The predicted octanol–water partition coefficient (Wildman–Crippen LogP) is 4.60. The normalized spacial score (nSPS) is 17.2. The smallest absolute Gasteiger partial charge is 0.175 e. The molecule has 1 aliphatic heterocycles. The van der Waals surface area contributed by atoms with Crippen LogP contribution in [0, 0.1) is 6.92 Å². The van der Waals surface area contributed by atoms with Crippen molar-refractivity contribution in [3.63, 3.8) is 0 Å². The Morgan fingerprint density at radius 2 is 1.82 bits per heavy atom. The van der Waals surface area contributed by atoms with Crippen LogP contribution in [0.15, 0.2) is 59.8 Å². The molecule has 1 aliphatic carbocycles. The van der Waals surface area contributed by atoms with Crippen molar-refractivity contribution in [2.24, 2.45) is 0 Å². The van der Waals surface area contributed by atoms with Crippen LogP contribution in [-0.2, 0) is 4.79 Å². The van der Waals surface area contributed by atoms with E-state index in [1.807, 2.05) is 41.9 Å². The van der Waals surface area contributed by atoms with Crippen LogP contribution in [-0.4, -0.2) is 35.6 Å². The summed E-state index contributed by atoms with van der Waals surface area (Å²) in [4.78, 5) is 27.1. The lowest BCUT2D eigenvalue weighted by Gasteiger charge is -2.32. The average molecular weight is 444 g/mol. The summed E-state index contributed by atoms with van der Waals surface area (Å²) in [6, 6.07) is 14.9. The van der Waals surface area contributed by atoms with Gasteiger partial charge in [-0.05, 0) is 50.1 Å². The van der Waals surface area contributed by atoms with Gasteiger partial charge < -0.3 is 14.8 Å². The number of Topliss-reactive ketones (excluding diaryl/α,β-unsaturated/α-hetero) is 2. The van der Waals surface area contributed by atoms with E-state index in [1.54, 1.807) is 25.3 Å². The number of fused-ring (bicyclic) bond motifs is 1. The van der Waals surface area contributed by atoms with Crippen molar-refractivity contribution in [2.45, 2.75) is 32.1 Å². The van der Waals surface area contributed by atoms with Gasteiger partial charge in [0, 0.05) is 28.8 Å². The number of nitrogens with one attached hydrogen (secondary N) is 1. The van der Waals surface area contributed by atoms with Gasteiger partial charge in [-0.2, -0.15) is 5.10 Å². The molecule has 2 heterocycles. The van der Waals surface area contributed by atoms with Gasteiger partial charge in [0.25, 0.3) is 0 Å². The lowest BCUT2D eigenvalue weighted by molar-refractivity contribution is -0.116. The Kier molecular flexibility index (Phi) is 5.24. The molecule has 168 valence electrons. The molecule has 7 heteroatoms. The van der Waals surface area contributed by atoms with Crippen molar-refractivity contribution in [1.82, 2.24) is 9.78 Å². The number of hydrogen-bond donors (Lipinski definition) is 1. The first-order valence-electron chi connectivity index (χ1n) is 11.0. The second-order valence-corrected chi connectivity index (χ2v) is 8.26. The number of rotatable bonds is 5. The van der Waals surface area contributed by atoms with E-state index >= 15 is 0 Å². The monoisotopic (exact) mass is 443 g/mol. The number of para-hydroxylation sites is 1. The third-order valence-corrected chi connectivity index (χ3v) is 6.34. The molecule has 0 amide bonds. The van der Waals surface area contributed by atoms with Gasteiger partial charge in [-0.3, -0.25) is 9.59 Å². The number of methoxy groups -OCH3 is 2. The van der Waals surface area contributed by atoms with E-state index in [9.17, 15) is 9.59 Å². The van der Waals surface area contributed by atoms with Crippen molar-refractivity contribution in [3.8, 4) is 17.2 Å². The van der Waals surface area contributed by atoms with Crippen molar-refractivity contribution in [1.29, 1.82) is 0 Å². The van der Waals surface area contributed by atoms with Crippen molar-refractivity contribution in [3.05, 3.63) is 76.6 Å². The fourth-order valence-electron chi connectivity index (χ4n) is 4.80.